The van der Waals surface area contributed by atoms with Crippen LogP contribution in [0, 0.1) is 0 Å². The minimum absolute atomic E-state index is 0.0246. The molecule has 1 aromatic rings. The normalized spacial score (nSPS) is 12.7. The second-order valence-corrected chi connectivity index (χ2v) is 5.84. The summed E-state index contributed by atoms with van der Waals surface area (Å²) < 4.78 is 26.2. The van der Waals surface area contributed by atoms with Gasteiger partial charge in [0.15, 0.2) is 0 Å². The SMILES string of the molecule is CC(C)(CO)NS(=O)(=O)c1ccccc1N. The van der Waals surface area contributed by atoms with Crippen LogP contribution in [-0.2, 0) is 10.0 Å². The third-order valence-corrected chi connectivity index (χ3v) is 3.79. The average Bonchev–Trinajstić information content (AvgIpc) is 2.16. The van der Waals surface area contributed by atoms with Crippen LogP contribution in [0.1, 0.15) is 13.8 Å². The number of rotatable bonds is 4. The Kier molecular flexibility index (Phi) is 3.57. The largest absolute Gasteiger partial charge is 0.398 e. The minimum atomic E-state index is -3.70. The van der Waals surface area contributed by atoms with Crippen LogP contribution in [0.2, 0.25) is 0 Å². The second-order valence-electron chi connectivity index (χ2n) is 4.19. The quantitative estimate of drug-likeness (QED) is 0.665. The fourth-order valence-corrected chi connectivity index (χ4v) is 2.71. The van der Waals surface area contributed by atoms with Gasteiger partial charge in [-0.25, -0.2) is 13.1 Å². The number of nitrogens with two attached hydrogens (primary N) is 1. The summed E-state index contributed by atoms with van der Waals surface area (Å²) in [5.41, 5.74) is 4.85. The van der Waals surface area contributed by atoms with Gasteiger partial charge in [-0.15, -0.1) is 0 Å². The predicted molar refractivity (Wildman–Crippen MR) is 62.3 cm³/mol. The van der Waals surface area contributed by atoms with E-state index in [9.17, 15) is 8.42 Å². The number of nitrogens with one attached hydrogen (secondary N) is 1. The van der Waals surface area contributed by atoms with Gasteiger partial charge in [-0.2, -0.15) is 0 Å². The fourth-order valence-electron chi connectivity index (χ4n) is 1.18. The van der Waals surface area contributed by atoms with Gasteiger partial charge in [-0.05, 0) is 26.0 Å². The van der Waals surface area contributed by atoms with Gasteiger partial charge in [-0.3, -0.25) is 0 Å². The zero-order chi connectivity index (χ0) is 12.4. The Morgan fingerprint density at radius 2 is 1.94 bits per heavy atom. The molecular weight excluding hydrogens is 228 g/mol. The molecule has 0 saturated carbocycles. The molecule has 1 rings (SSSR count). The summed E-state index contributed by atoms with van der Waals surface area (Å²) in [5, 5.41) is 9.02. The Balaban J connectivity index is 3.09. The highest BCUT2D eigenvalue weighted by atomic mass is 32.2. The molecule has 0 spiro atoms. The molecule has 0 amide bonds. The van der Waals surface area contributed by atoms with E-state index in [4.69, 9.17) is 10.8 Å². The van der Waals surface area contributed by atoms with Crippen LogP contribution in [0.5, 0.6) is 0 Å². The molecule has 16 heavy (non-hydrogen) atoms. The molecule has 0 aromatic heterocycles. The standard InChI is InChI=1S/C10H16N2O3S/c1-10(2,7-13)12-16(14,15)9-6-4-3-5-8(9)11/h3-6,12-13H,7,11H2,1-2H3. The number of benzene rings is 1. The lowest BCUT2D eigenvalue weighted by Crippen LogP contribution is -2.46. The Hall–Kier alpha value is -1.11. The van der Waals surface area contributed by atoms with Crippen LogP contribution >= 0.6 is 0 Å². The molecule has 6 heteroatoms. The van der Waals surface area contributed by atoms with Crippen molar-refractivity contribution in [2.24, 2.45) is 0 Å². The van der Waals surface area contributed by atoms with Gasteiger partial charge < -0.3 is 10.8 Å². The maximum atomic E-state index is 11.9. The van der Waals surface area contributed by atoms with Crippen LogP contribution in [-0.4, -0.2) is 25.7 Å². The van der Waals surface area contributed by atoms with Crippen LogP contribution in [0.15, 0.2) is 29.2 Å². The zero-order valence-electron chi connectivity index (χ0n) is 9.27. The van der Waals surface area contributed by atoms with Gasteiger partial charge in [0, 0.05) is 0 Å². The maximum absolute atomic E-state index is 11.9. The Labute approximate surface area is 95.3 Å². The van der Waals surface area contributed by atoms with E-state index >= 15 is 0 Å². The van der Waals surface area contributed by atoms with Crippen LogP contribution in [0.4, 0.5) is 5.69 Å². The first-order chi connectivity index (χ1) is 7.28. The van der Waals surface area contributed by atoms with Crippen molar-refractivity contribution in [3.8, 4) is 0 Å². The molecule has 0 saturated heterocycles. The summed E-state index contributed by atoms with van der Waals surface area (Å²) in [6, 6.07) is 6.19. The van der Waals surface area contributed by atoms with E-state index < -0.39 is 15.6 Å². The van der Waals surface area contributed by atoms with Crippen molar-refractivity contribution in [1.29, 1.82) is 0 Å². The molecule has 4 N–H and O–H groups in total. The van der Waals surface area contributed by atoms with E-state index in [1.165, 1.54) is 12.1 Å². The van der Waals surface area contributed by atoms with Crippen molar-refractivity contribution in [3.63, 3.8) is 0 Å². The lowest BCUT2D eigenvalue weighted by atomic mass is 10.1. The average molecular weight is 244 g/mol. The highest BCUT2D eigenvalue weighted by Crippen LogP contribution is 2.18. The van der Waals surface area contributed by atoms with E-state index in [-0.39, 0.29) is 17.2 Å². The van der Waals surface area contributed by atoms with E-state index in [2.05, 4.69) is 4.72 Å². The molecule has 0 aliphatic carbocycles. The van der Waals surface area contributed by atoms with Crippen molar-refractivity contribution in [1.82, 2.24) is 4.72 Å². The summed E-state index contributed by atoms with van der Waals surface area (Å²) in [6.07, 6.45) is 0. The van der Waals surface area contributed by atoms with Crippen LogP contribution < -0.4 is 10.5 Å². The molecular formula is C10H16N2O3S. The van der Waals surface area contributed by atoms with Gasteiger partial charge in [0.1, 0.15) is 4.90 Å². The molecule has 0 unspecified atom stereocenters. The Morgan fingerprint density at radius 1 is 1.38 bits per heavy atom. The lowest BCUT2D eigenvalue weighted by Gasteiger charge is -2.23. The first-order valence-electron chi connectivity index (χ1n) is 4.78. The Bertz CT molecular complexity index is 469. The number of hydrogen-bond acceptors (Lipinski definition) is 4. The number of nitrogen functional groups attached to an aromatic ring is 1. The Morgan fingerprint density at radius 3 is 2.44 bits per heavy atom. The minimum Gasteiger partial charge on any atom is -0.398 e. The molecule has 0 aliphatic rings. The molecule has 1 aromatic carbocycles. The molecule has 0 fully saturated rings. The lowest BCUT2D eigenvalue weighted by molar-refractivity contribution is 0.208. The van der Waals surface area contributed by atoms with Gasteiger partial charge in [0.2, 0.25) is 10.0 Å². The van der Waals surface area contributed by atoms with E-state index in [1.54, 1.807) is 26.0 Å². The molecule has 0 bridgehead atoms. The van der Waals surface area contributed by atoms with E-state index in [1.807, 2.05) is 0 Å². The monoisotopic (exact) mass is 244 g/mol. The third-order valence-electron chi connectivity index (χ3n) is 2.01. The summed E-state index contributed by atoms with van der Waals surface area (Å²) in [5.74, 6) is 0. The highest BCUT2D eigenvalue weighted by molar-refractivity contribution is 7.89. The fraction of sp³-hybridized carbons (Fsp3) is 0.400. The van der Waals surface area contributed by atoms with Gasteiger partial charge in [0.25, 0.3) is 0 Å². The zero-order valence-corrected chi connectivity index (χ0v) is 10.1. The molecule has 0 radical (unpaired) electrons. The molecule has 0 aliphatic heterocycles. The van der Waals surface area contributed by atoms with Crippen molar-refractivity contribution >= 4 is 15.7 Å². The highest BCUT2D eigenvalue weighted by Gasteiger charge is 2.26. The third kappa shape index (κ3) is 2.94. The number of sulfonamides is 1. The molecule has 0 atom stereocenters. The first kappa shape index (κ1) is 13.0. The number of anilines is 1. The van der Waals surface area contributed by atoms with Gasteiger partial charge in [-0.1, -0.05) is 12.1 Å². The van der Waals surface area contributed by atoms with Crippen LogP contribution in [0.25, 0.3) is 0 Å². The smallest absolute Gasteiger partial charge is 0.243 e. The number of para-hydroxylation sites is 1. The summed E-state index contributed by atoms with van der Waals surface area (Å²) >= 11 is 0. The predicted octanol–water partition coefficient (Wildman–Crippen LogP) is 0.318. The van der Waals surface area contributed by atoms with Crippen molar-refractivity contribution < 1.29 is 13.5 Å². The summed E-state index contributed by atoms with van der Waals surface area (Å²) in [6.45, 7) is 2.88. The van der Waals surface area contributed by atoms with Crippen molar-refractivity contribution in [3.05, 3.63) is 24.3 Å². The number of aliphatic hydroxyl groups is 1. The second kappa shape index (κ2) is 4.40. The van der Waals surface area contributed by atoms with Crippen molar-refractivity contribution in [2.75, 3.05) is 12.3 Å². The van der Waals surface area contributed by atoms with Gasteiger partial charge >= 0.3 is 0 Å². The van der Waals surface area contributed by atoms with E-state index in [0.29, 0.717) is 0 Å². The number of aliphatic hydroxyl groups excluding tert-OH is 1. The maximum Gasteiger partial charge on any atom is 0.243 e. The molecule has 0 heterocycles. The summed E-state index contributed by atoms with van der Waals surface area (Å²) in [7, 11) is -3.70. The van der Waals surface area contributed by atoms with Crippen molar-refractivity contribution in [2.45, 2.75) is 24.3 Å². The van der Waals surface area contributed by atoms with Gasteiger partial charge in [0.05, 0.1) is 17.8 Å². The molecule has 5 nitrogen and oxygen atoms in total. The molecule has 90 valence electrons. The topological polar surface area (TPSA) is 92.4 Å². The number of hydrogen-bond donors (Lipinski definition) is 3. The van der Waals surface area contributed by atoms with E-state index in [0.717, 1.165) is 0 Å². The van der Waals surface area contributed by atoms with Crippen LogP contribution in [0.3, 0.4) is 0 Å². The summed E-state index contributed by atoms with van der Waals surface area (Å²) in [4.78, 5) is 0.0246. The first-order valence-corrected chi connectivity index (χ1v) is 6.26.